The van der Waals surface area contributed by atoms with Gasteiger partial charge < -0.3 is 19.7 Å². The van der Waals surface area contributed by atoms with E-state index in [0.717, 1.165) is 47.9 Å². The van der Waals surface area contributed by atoms with Gasteiger partial charge in [0, 0.05) is 19.0 Å². The number of ether oxygens (including phenoxy) is 2. The van der Waals surface area contributed by atoms with Crippen molar-refractivity contribution in [1.29, 1.82) is 0 Å². The van der Waals surface area contributed by atoms with Gasteiger partial charge >= 0.3 is 0 Å². The maximum Gasteiger partial charge on any atom is 0.261 e. The highest BCUT2D eigenvalue weighted by molar-refractivity contribution is 5.88. The molecule has 1 aliphatic carbocycles. The Hall–Kier alpha value is -3.80. The van der Waals surface area contributed by atoms with Gasteiger partial charge in [0.15, 0.2) is 6.61 Å². The Morgan fingerprint density at radius 1 is 0.947 bits per heavy atom. The number of nitrogens with one attached hydrogen (secondary N) is 1. The van der Waals surface area contributed by atoms with E-state index in [-0.39, 0.29) is 31.0 Å². The summed E-state index contributed by atoms with van der Waals surface area (Å²) >= 11 is 0. The van der Waals surface area contributed by atoms with E-state index in [4.69, 9.17) is 9.47 Å². The maximum atomic E-state index is 13.8. The van der Waals surface area contributed by atoms with Gasteiger partial charge in [-0.25, -0.2) is 0 Å². The molecule has 0 aliphatic heterocycles. The van der Waals surface area contributed by atoms with E-state index in [9.17, 15) is 9.59 Å². The van der Waals surface area contributed by atoms with Crippen LogP contribution in [0.15, 0.2) is 72.8 Å². The van der Waals surface area contributed by atoms with Crippen molar-refractivity contribution < 1.29 is 19.1 Å². The highest BCUT2D eigenvalue weighted by Gasteiger charge is 2.32. The van der Waals surface area contributed by atoms with Crippen LogP contribution in [0.5, 0.6) is 11.5 Å². The van der Waals surface area contributed by atoms with E-state index < -0.39 is 6.04 Å². The third-order valence-electron chi connectivity index (χ3n) is 7.14. The smallest absolute Gasteiger partial charge is 0.261 e. The number of carbonyl (C=O) groups excluding carboxylic acids is 2. The summed E-state index contributed by atoms with van der Waals surface area (Å²) in [6.07, 6.45) is 4.60. The summed E-state index contributed by atoms with van der Waals surface area (Å²) < 4.78 is 11.4. The molecule has 0 spiro atoms. The first kappa shape index (κ1) is 27.2. The van der Waals surface area contributed by atoms with Crippen LogP contribution in [0.3, 0.4) is 0 Å². The summed E-state index contributed by atoms with van der Waals surface area (Å²) in [5, 5.41) is 3.23. The number of aryl methyl sites for hydroxylation is 2. The number of methoxy groups -OCH3 is 1. The number of benzene rings is 3. The number of rotatable bonds is 11. The van der Waals surface area contributed by atoms with E-state index >= 15 is 0 Å². The fourth-order valence-corrected chi connectivity index (χ4v) is 5.07. The quantitative estimate of drug-likeness (QED) is 0.373. The average molecular weight is 515 g/mol. The topological polar surface area (TPSA) is 67.9 Å². The molecule has 1 saturated carbocycles. The molecule has 38 heavy (non-hydrogen) atoms. The van der Waals surface area contributed by atoms with Crippen molar-refractivity contribution in [3.63, 3.8) is 0 Å². The molecule has 0 heterocycles. The Labute approximate surface area is 226 Å². The number of nitrogens with zero attached hydrogens (tertiary/aromatic N) is 1. The second-order valence-electron chi connectivity index (χ2n) is 10.1. The third-order valence-corrected chi connectivity index (χ3v) is 7.14. The van der Waals surface area contributed by atoms with Crippen LogP contribution in [0.25, 0.3) is 0 Å². The Balaban J connectivity index is 1.63. The average Bonchev–Trinajstić information content (AvgIpc) is 3.43. The molecule has 200 valence electrons. The number of amides is 2. The number of carbonyl (C=O) groups is 2. The molecule has 1 N–H and O–H groups in total. The van der Waals surface area contributed by atoms with E-state index in [2.05, 4.69) is 5.32 Å². The molecule has 0 saturated heterocycles. The molecule has 0 aromatic heterocycles. The largest absolute Gasteiger partial charge is 0.497 e. The predicted octanol–water partition coefficient (Wildman–Crippen LogP) is 5.39. The van der Waals surface area contributed by atoms with Gasteiger partial charge in [-0.3, -0.25) is 9.59 Å². The highest BCUT2D eigenvalue weighted by Crippen LogP contribution is 2.22. The van der Waals surface area contributed by atoms with Crippen molar-refractivity contribution in [2.24, 2.45) is 0 Å². The van der Waals surface area contributed by atoms with Gasteiger partial charge in [-0.1, -0.05) is 73.0 Å². The van der Waals surface area contributed by atoms with Crippen LogP contribution < -0.4 is 14.8 Å². The lowest BCUT2D eigenvalue weighted by Gasteiger charge is -2.32. The molecule has 1 aliphatic rings. The molecule has 2 amide bonds. The van der Waals surface area contributed by atoms with Crippen molar-refractivity contribution in [2.45, 2.75) is 64.6 Å². The van der Waals surface area contributed by atoms with E-state index in [1.54, 1.807) is 12.0 Å². The predicted molar refractivity (Wildman–Crippen MR) is 149 cm³/mol. The van der Waals surface area contributed by atoms with Crippen LogP contribution in [-0.2, 0) is 22.6 Å². The standard InChI is InChI=1S/C32H38N2O4/c1-23-16-17-30(24(2)18-23)38-22-31(35)34(21-26-12-9-15-28(19-26)37-3)29(20-25-10-5-4-6-11-25)32(36)33-27-13-7-8-14-27/h4-6,9-12,15-19,27,29H,7-8,13-14,20-22H2,1-3H3,(H,33,36). The van der Waals surface area contributed by atoms with Crippen molar-refractivity contribution in [1.82, 2.24) is 10.2 Å². The van der Waals surface area contributed by atoms with Crippen molar-refractivity contribution >= 4 is 11.8 Å². The van der Waals surface area contributed by atoms with Crippen molar-refractivity contribution in [3.8, 4) is 11.5 Å². The zero-order valence-corrected chi connectivity index (χ0v) is 22.6. The van der Waals surface area contributed by atoms with Crippen LogP contribution in [0.4, 0.5) is 0 Å². The highest BCUT2D eigenvalue weighted by atomic mass is 16.5. The van der Waals surface area contributed by atoms with Gasteiger partial charge in [0.05, 0.1) is 7.11 Å². The zero-order valence-electron chi connectivity index (χ0n) is 22.6. The minimum atomic E-state index is -0.681. The van der Waals surface area contributed by atoms with Crippen LogP contribution in [0, 0.1) is 13.8 Å². The Morgan fingerprint density at radius 3 is 2.39 bits per heavy atom. The minimum absolute atomic E-state index is 0.122. The lowest BCUT2D eigenvalue weighted by atomic mass is 10.0. The summed E-state index contributed by atoms with van der Waals surface area (Å²) in [6.45, 7) is 4.10. The van der Waals surface area contributed by atoms with Gasteiger partial charge in [0.25, 0.3) is 5.91 Å². The molecule has 3 aromatic rings. The van der Waals surface area contributed by atoms with Gasteiger partial charge in [-0.2, -0.15) is 0 Å². The van der Waals surface area contributed by atoms with Crippen LogP contribution in [0.1, 0.15) is 47.9 Å². The van der Waals surface area contributed by atoms with E-state index in [1.165, 1.54) is 0 Å². The molecule has 6 nitrogen and oxygen atoms in total. The van der Waals surface area contributed by atoms with Crippen LogP contribution in [-0.4, -0.2) is 42.5 Å². The Kier molecular flexibility index (Phi) is 9.41. The SMILES string of the molecule is COc1cccc(CN(C(=O)COc2ccc(C)cc2C)C(Cc2ccccc2)C(=O)NC2CCCC2)c1. The van der Waals surface area contributed by atoms with Crippen molar-refractivity contribution in [3.05, 3.63) is 95.1 Å². The fourth-order valence-electron chi connectivity index (χ4n) is 5.07. The third kappa shape index (κ3) is 7.37. The number of hydrogen-bond acceptors (Lipinski definition) is 4. The minimum Gasteiger partial charge on any atom is -0.497 e. The second kappa shape index (κ2) is 13.1. The first-order valence-corrected chi connectivity index (χ1v) is 13.4. The molecule has 1 fully saturated rings. The van der Waals surface area contributed by atoms with Gasteiger partial charge in [-0.05, 0) is 61.6 Å². The van der Waals surface area contributed by atoms with Crippen LogP contribution in [0.2, 0.25) is 0 Å². The first-order chi connectivity index (χ1) is 18.4. The molecule has 4 rings (SSSR count). The van der Waals surface area contributed by atoms with Crippen molar-refractivity contribution in [2.75, 3.05) is 13.7 Å². The fraction of sp³-hybridized carbons (Fsp3) is 0.375. The summed E-state index contributed by atoms with van der Waals surface area (Å²) in [7, 11) is 1.62. The molecule has 1 atom stereocenters. The van der Waals surface area contributed by atoms with Gasteiger partial charge in [-0.15, -0.1) is 0 Å². The van der Waals surface area contributed by atoms with E-state index in [0.29, 0.717) is 17.9 Å². The first-order valence-electron chi connectivity index (χ1n) is 13.4. The van der Waals surface area contributed by atoms with Gasteiger partial charge in [0.2, 0.25) is 5.91 Å². The molecule has 3 aromatic carbocycles. The summed E-state index contributed by atoms with van der Waals surface area (Å²) in [6, 6.07) is 22.8. The lowest BCUT2D eigenvalue weighted by Crippen LogP contribution is -2.53. The Bertz CT molecular complexity index is 1220. The van der Waals surface area contributed by atoms with Gasteiger partial charge in [0.1, 0.15) is 17.5 Å². The Morgan fingerprint density at radius 2 is 1.68 bits per heavy atom. The molecule has 1 unspecified atom stereocenters. The molecule has 0 bridgehead atoms. The summed E-state index contributed by atoms with van der Waals surface area (Å²) in [4.78, 5) is 29.2. The molecular weight excluding hydrogens is 476 g/mol. The normalized spacial score (nSPS) is 14.1. The monoisotopic (exact) mass is 514 g/mol. The molecule has 6 heteroatoms. The number of hydrogen-bond donors (Lipinski definition) is 1. The molecular formula is C32H38N2O4. The van der Waals surface area contributed by atoms with E-state index in [1.807, 2.05) is 86.6 Å². The summed E-state index contributed by atoms with van der Waals surface area (Å²) in [5.74, 6) is 1.01. The lowest BCUT2D eigenvalue weighted by molar-refractivity contribution is -0.143. The zero-order chi connectivity index (χ0) is 26.9. The summed E-state index contributed by atoms with van der Waals surface area (Å²) in [5.41, 5.74) is 3.98. The maximum absolute atomic E-state index is 13.8. The van der Waals surface area contributed by atoms with Crippen LogP contribution >= 0.6 is 0 Å². The second-order valence-corrected chi connectivity index (χ2v) is 10.1. The molecule has 0 radical (unpaired) electrons.